The summed E-state index contributed by atoms with van der Waals surface area (Å²) in [5, 5.41) is 10.6. The minimum absolute atomic E-state index is 0.329. The molecule has 1 heterocycles. The molecule has 2 rings (SSSR count). The van der Waals surface area contributed by atoms with Crippen molar-refractivity contribution in [2.45, 2.75) is 0 Å². The van der Waals surface area contributed by atoms with E-state index in [0.29, 0.717) is 16.8 Å². The predicted octanol–water partition coefficient (Wildman–Crippen LogP) is 0.583. The predicted molar refractivity (Wildman–Crippen MR) is 51.1 cm³/mol. The highest BCUT2D eigenvalue weighted by molar-refractivity contribution is 6.02. The number of nitrogens with one attached hydrogen (secondary N) is 2. The Hall–Kier alpha value is -2.55. The van der Waals surface area contributed by atoms with Crippen LogP contribution in [0.25, 0.3) is 11.1 Å². The molecule has 1 aromatic carbocycles. The Labute approximate surface area is 83.1 Å². The van der Waals surface area contributed by atoms with Crippen molar-refractivity contribution in [3.8, 4) is 6.07 Å². The molecular weight excluding hydrogens is 198 g/mol. The van der Waals surface area contributed by atoms with E-state index in [2.05, 4.69) is 10.3 Å². The van der Waals surface area contributed by atoms with Crippen LogP contribution in [0.1, 0.15) is 0 Å². The van der Waals surface area contributed by atoms with Crippen molar-refractivity contribution in [2.24, 2.45) is 0 Å². The molecule has 0 spiro atoms. The Kier molecular flexibility index (Phi) is 1.99. The lowest BCUT2D eigenvalue weighted by Gasteiger charge is -1.98. The number of amides is 1. The minimum Gasteiger partial charge on any atom is -0.408 e. The third-order valence-corrected chi connectivity index (χ3v) is 1.78. The van der Waals surface area contributed by atoms with Crippen molar-refractivity contribution >= 4 is 22.7 Å². The maximum absolute atomic E-state index is 10.8. The van der Waals surface area contributed by atoms with E-state index in [1.165, 1.54) is 12.1 Å². The summed E-state index contributed by atoms with van der Waals surface area (Å²) in [4.78, 5) is 24.0. The normalized spacial score (nSPS) is 9.80. The summed E-state index contributed by atoms with van der Waals surface area (Å²) in [6, 6.07) is 6.01. The van der Waals surface area contributed by atoms with Crippen LogP contribution in [-0.2, 0) is 4.79 Å². The number of hydrogen-bond acceptors (Lipinski definition) is 4. The highest BCUT2D eigenvalue weighted by atomic mass is 16.4. The van der Waals surface area contributed by atoms with Crippen molar-refractivity contribution in [3.05, 3.63) is 28.7 Å². The highest BCUT2D eigenvalue weighted by Crippen LogP contribution is 2.15. The number of rotatable bonds is 1. The SMILES string of the molecule is N#CC(=O)Nc1ccc2[nH]c(=O)oc2c1. The standard InChI is InChI=1S/C9H5N3O3/c10-4-8(13)11-5-1-2-6-7(3-5)15-9(14)12-6/h1-3H,(H,11,13)(H,12,14). The molecule has 2 aromatic rings. The first kappa shape index (κ1) is 9.02. The van der Waals surface area contributed by atoms with Crippen LogP contribution in [0.2, 0.25) is 0 Å². The zero-order chi connectivity index (χ0) is 10.8. The average Bonchev–Trinajstić information content (AvgIpc) is 2.57. The van der Waals surface area contributed by atoms with E-state index in [-0.39, 0.29) is 0 Å². The number of carbonyl (C=O) groups is 1. The summed E-state index contributed by atoms with van der Waals surface area (Å²) < 4.78 is 4.78. The molecule has 74 valence electrons. The fourth-order valence-electron chi connectivity index (χ4n) is 1.18. The van der Waals surface area contributed by atoms with Gasteiger partial charge in [0.2, 0.25) is 0 Å². The monoisotopic (exact) mass is 203 g/mol. The van der Waals surface area contributed by atoms with Crippen LogP contribution in [0.15, 0.2) is 27.4 Å². The Morgan fingerprint density at radius 2 is 2.33 bits per heavy atom. The zero-order valence-corrected chi connectivity index (χ0v) is 7.40. The second-order valence-corrected chi connectivity index (χ2v) is 2.79. The number of carbonyl (C=O) groups excluding carboxylic acids is 1. The molecule has 6 nitrogen and oxygen atoms in total. The van der Waals surface area contributed by atoms with Crippen molar-refractivity contribution in [1.29, 1.82) is 5.26 Å². The molecule has 0 fully saturated rings. The van der Waals surface area contributed by atoms with Gasteiger partial charge in [0.05, 0.1) is 5.52 Å². The first-order chi connectivity index (χ1) is 7.19. The number of aromatic nitrogens is 1. The lowest BCUT2D eigenvalue weighted by molar-refractivity contribution is -0.111. The fraction of sp³-hybridized carbons (Fsp3) is 0. The van der Waals surface area contributed by atoms with Gasteiger partial charge in [0, 0.05) is 11.8 Å². The van der Waals surface area contributed by atoms with Crippen LogP contribution in [0.5, 0.6) is 0 Å². The third kappa shape index (κ3) is 1.71. The highest BCUT2D eigenvalue weighted by Gasteiger charge is 2.04. The minimum atomic E-state index is -0.771. The molecule has 0 atom stereocenters. The Morgan fingerprint density at radius 3 is 3.07 bits per heavy atom. The first-order valence-electron chi connectivity index (χ1n) is 4.03. The van der Waals surface area contributed by atoms with E-state index in [1.807, 2.05) is 0 Å². The number of hydrogen-bond donors (Lipinski definition) is 2. The molecule has 0 bridgehead atoms. The second kappa shape index (κ2) is 3.31. The van der Waals surface area contributed by atoms with Crippen LogP contribution in [0.4, 0.5) is 5.69 Å². The van der Waals surface area contributed by atoms with Crippen LogP contribution in [0.3, 0.4) is 0 Å². The van der Waals surface area contributed by atoms with E-state index >= 15 is 0 Å². The smallest absolute Gasteiger partial charge is 0.408 e. The van der Waals surface area contributed by atoms with E-state index in [9.17, 15) is 9.59 Å². The summed E-state index contributed by atoms with van der Waals surface area (Å²) >= 11 is 0. The number of anilines is 1. The lowest BCUT2D eigenvalue weighted by atomic mass is 10.3. The van der Waals surface area contributed by atoms with Gasteiger partial charge in [-0.1, -0.05) is 0 Å². The van der Waals surface area contributed by atoms with Gasteiger partial charge in [-0.3, -0.25) is 9.78 Å². The molecule has 0 aliphatic rings. The number of benzene rings is 1. The van der Waals surface area contributed by atoms with Gasteiger partial charge in [0.1, 0.15) is 0 Å². The van der Waals surface area contributed by atoms with Crippen molar-refractivity contribution in [2.75, 3.05) is 5.32 Å². The first-order valence-corrected chi connectivity index (χ1v) is 4.03. The summed E-state index contributed by atoms with van der Waals surface area (Å²) in [5.74, 6) is -1.33. The largest absolute Gasteiger partial charge is 0.417 e. The number of fused-ring (bicyclic) bond motifs is 1. The van der Waals surface area contributed by atoms with Crippen LogP contribution in [-0.4, -0.2) is 10.9 Å². The van der Waals surface area contributed by atoms with E-state index in [0.717, 1.165) is 0 Å². The molecular formula is C9H5N3O3. The molecule has 15 heavy (non-hydrogen) atoms. The summed E-state index contributed by atoms with van der Waals surface area (Å²) in [7, 11) is 0. The number of nitrogens with zero attached hydrogens (tertiary/aromatic N) is 1. The zero-order valence-electron chi connectivity index (χ0n) is 7.40. The Bertz CT molecular complexity index is 617. The maximum atomic E-state index is 10.8. The molecule has 0 saturated carbocycles. The van der Waals surface area contributed by atoms with Gasteiger partial charge in [-0.25, -0.2) is 4.79 Å². The van der Waals surface area contributed by atoms with E-state index < -0.39 is 11.7 Å². The quantitative estimate of drug-likeness (QED) is 0.662. The van der Waals surface area contributed by atoms with E-state index in [1.54, 1.807) is 12.1 Å². The fourth-order valence-corrected chi connectivity index (χ4v) is 1.18. The topological polar surface area (TPSA) is 98.9 Å². The number of nitriles is 1. The van der Waals surface area contributed by atoms with Crippen LogP contribution in [0, 0.1) is 11.3 Å². The lowest BCUT2D eigenvalue weighted by Crippen LogP contribution is -2.07. The van der Waals surface area contributed by atoms with Gasteiger partial charge in [-0.15, -0.1) is 0 Å². The molecule has 0 saturated heterocycles. The van der Waals surface area contributed by atoms with Gasteiger partial charge in [-0.2, -0.15) is 5.26 Å². The molecule has 6 heteroatoms. The summed E-state index contributed by atoms with van der Waals surface area (Å²) in [6.45, 7) is 0. The van der Waals surface area contributed by atoms with Crippen LogP contribution >= 0.6 is 0 Å². The number of H-pyrrole nitrogens is 1. The van der Waals surface area contributed by atoms with E-state index in [4.69, 9.17) is 9.68 Å². The summed E-state index contributed by atoms with van der Waals surface area (Å²) in [6.07, 6.45) is 0. The molecule has 0 aliphatic heterocycles. The van der Waals surface area contributed by atoms with Gasteiger partial charge in [0.15, 0.2) is 11.7 Å². The molecule has 2 N–H and O–H groups in total. The number of oxazole rings is 1. The molecule has 1 aromatic heterocycles. The average molecular weight is 203 g/mol. The summed E-state index contributed by atoms with van der Waals surface area (Å²) in [5.41, 5.74) is 1.27. The molecule has 0 radical (unpaired) electrons. The Morgan fingerprint density at radius 1 is 1.53 bits per heavy atom. The van der Waals surface area contributed by atoms with Gasteiger partial charge >= 0.3 is 11.7 Å². The molecule has 1 amide bonds. The van der Waals surface area contributed by atoms with Gasteiger partial charge < -0.3 is 9.73 Å². The Balaban J connectivity index is 2.43. The van der Waals surface area contributed by atoms with Gasteiger partial charge in [-0.05, 0) is 12.1 Å². The van der Waals surface area contributed by atoms with Crippen molar-refractivity contribution in [1.82, 2.24) is 4.98 Å². The van der Waals surface area contributed by atoms with Crippen molar-refractivity contribution < 1.29 is 9.21 Å². The maximum Gasteiger partial charge on any atom is 0.417 e. The van der Waals surface area contributed by atoms with Gasteiger partial charge in [0.25, 0.3) is 0 Å². The van der Waals surface area contributed by atoms with Crippen LogP contribution < -0.4 is 11.1 Å². The van der Waals surface area contributed by atoms with Crippen molar-refractivity contribution in [3.63, 3.8) is 0 Å². The second-order valence-electron chi connectivity index (χ2n) is 2.79. The molecule has 0 aliphatic carbocycles. The molecule has 0 unspecified atom stereocenters. The number of aromatic amines is 1. The third-order valence-electron chi connectivity index (χ3n) is 1.78.